The van der Waals surface area contributed by atoms with Crippen molar-refractivity contribution in [3.63, 3.8) is 0 Å². The number of methoxy groups -OCH3 is 1. The van der Waals surface area contributed by atoms with Crippen LogP contribution in [0.5, 0.6) is 11.5 Å². The number of esters is 1. The number of nitrogens with zero attached hydrogens (tertiary/aromatic N) is 1. The number of benzene rings is 1. The average molecular weight is 562 g/mol. The zero-order chi connectivity index (χ0) is 28.8. The smallest absolute Gasteiger partial charge is 0.302 e. The summed E-state index contributed by atoms with van der Waals surface area (Å²) in [6, 6.07) is 6.05. The minimum atomic E-state index is -0.285. The van der Waals surface area contributed by atoms with Gasteiger partial charge in [-0.25, -0.2) is 0 Å². The minimum Gasteiger partial charge on any atom is -0.493 e. The Balaban J connectivity index is 1.18. The molecule has 1 heterocycles. The molecule has 0 unspecified atom stereocenters. The predicted octanol–water partition coefficient (Wildman–Crippen LogP) is 6.63. The molecule has 5 aliphatic rings. The number of Topliss-reactive ketones (excluding diaryl/α,β-unsaturated/α-hetero) is 1. The minimum absolute atomic E-state index is 0.0127. The van der Waals surface area contributed by atoms with E-state index in [1.807, 2.05) is 12.1 Å². The van der Waals surface area contributed by atoms with Gasteiger partial charge in [0.15, 0.2) is 17.3 Å². The van der Waals surface area contributed by atoms with Gasteiger partial charge in [0.1, 0.15) is 12.7 Å². The fourth-order valence-electron chi connectivity index (χ4n) is 9.15. The van der Waals surface area contributed by atoms with Gasteiger partial charge in [-0.3, -0.25) is 14.5 Å². The summed E-state index contributed by atoms with van der Waals surface area (Å²) in [4.78, 5) is 28.0. The third-order valence-corrected chi connectivity index (χ3v) is 11.4. The summed E-state index contributed by atoms with van der Waals surface area (Å²) in [6.45, 7) is 10.1. The van der Waals surface area contributed by atoms with Gasteiger partial charge in [-0.1, -0.05) is 31.6 Å². The Morgan fingerprint density at radius 1 is 1.05 bits per heavy atom. The molecule has 0 spiro atoms. The van der Waals surface area contributed by atoms with E-state index in [-0.39, 0.29) is 22.9 Å². The lowest BCUT2D eigenvalue weighted by Gasteiger charge is -2.56. The zero-order valence-corrected chi connectivity index (χ0v) is 25.4. The molecule has 1 aromatic carbocycles. The van der Waals surface area contributed by atoms with Crippen molar-refractivity contribution in [3.8, 4) is 11.5 Å². The van der Waals surface area contributed by atoms with E-state index in [1.165, 1.54) is 25.3 Å². The number of allylic oxidation sites excluding steroid dienone is 2. The standard InChI is InChI=1S/C35H47NO5/c1-23(37)41-27-11-13-34(2)26(22-27)8-9-28-29(34)12-14-35(3)30(28)21-25(33(35)38)19-24-7-10-31(32(20-24)39-4)40-18-17-36-15-5-6-16-36/h7-8,10,19-20,27-30H,5-6,9,11-18,21-22H2,1-4H3/b25-19+/t27-,28+,29-,30-,34-,35-/m0/s1. The average Bonchev–Trinajstić information content (AvgIpc) is 3.55. The van der Waals surface area contributed by atoms with E-state index in [2.05, 4.69) is 37.0 Å². The SMILES string of the molecule is COc1cc(/C=C2\C[C@H]3[C@@H]4CC=C5C[C@@H](OC(C)=O)CC[C@]5(C)[C@H]4CC[C@]3(C)C2=O)ccc1OCCN1CCCC1. The molecule has 0 radical (unpaired) electrons. The molecule has 6 rings (SSSR count). The molecule has 1 aliphatic heterocycles. The zero-order valence-electron chi connectivity index (χ0n) is 25.4. The molecule has 6 atom stereocenters. The Bertz CT molecular complexity index is 1240. The summed E-state index contributed by atoms with van der Waals surface area (Å²) in [5.74, 6) is 3.11. The van der Waals surface area contributed by atoms with Crippen molar-refractivity contribution in [2.45, 2.75) is 84.7 Å². The number of fused-ring (bicyclic) bond motifs is 5. The van der Waals surface area contributed by atoms with Crippen LogP contribution in [0.3, 0.4) is 0 Å². The fourth-order valence-corrected chi connectivity index (χ4v) is 9.15. The molecule has 1 saturated heterocycles. The first-order chi connectivity index (χ1) is 19.7. The van der Waals surface area contributed by atoms with E-state index >= 15 is 0 Å². The van der Waals surface area contributed by atoms with E-state index in [1.54, 1.807) is 7.11 Å². The highest BCUT2D eigenvalue weighted by molar-refractivity contribution is 6.06. The van der Waals surface area contributed by atoms with Crippen molar-refractivity contribution in [3.05, 3.63) is 41.0 Å². The summed E-state index contributed by atoms with van der Waals surface area (Å²) in [5.41, 5.74) is 3.30. The second-order valence-corrected chi connectivity index (χ2v) is 13.7. The maximum Gasteiger partial charge on any atom is 0.302 e. The van der Waals surface area contributed by atoms with E-state index < -0.39 is 0 Å². The highest BCUT2D eigenvalue weighted by Gasteiger charge is 2.60. The molecular formula is C35H47NO5. The molecule has 4 fully saturated rings. The van der Waals surface area contributed by atoms with Gasteiger partial charge < -0.3 is 14.2 Å². The molecule has 0 aromatic heterocycles. The largest absolute Gasteiger partial charge is 0.493 e. The summed E-state index contributed by atoms with van der Waals surface area (Å²) in [7, 11) is 1.68. The van der Waals surface area contributed by atoms with Crippen LogP contribution in [0.15, 0.2) is 35.4 Å². The van der Waals surface area contributed by atoms with E-state index in [0.29, 0.717) is 30.1 Å². The van der Waals surface area contributed by atoms with Crippen LogP contribution in [-0.4, -0.2) is 56.1 Å². The number of ether oxygens (including phenoxy) is 3. The highest BCUT2D eigenvalue weighted by atomic mass is 16.5. The fraction of sp³-hybridized carbons (Fsp3) is 0.657. The lowest BCUT2D eigenvalue weighted by Crippen LogP contribution is -2.50. The number of hydrogen-bond acceptors (Lipinski definition) is 6. The van der Waals surface area contributed by atoms with Crippen LogP contribution in [0.1, 0.15) is 84.1 Å². The molecule has 41 heavy (non-hydrogen) atoms. The second kappa shape index (κ2) is 11.2. The lowest BCUT2D eigenvalue weighted by molar-refractivity contribution is -0.148. The van der Waals surface area contributed by atoms with Crippen molar-refractivity contribution < 1.29 is 23.8 Å². The number of likely N-dealkylation sites (tertiary alicyclic amines) is 1. The van der Waals surface area contributed by atoms with E-state index in [9.17, 15) is 9.59 Å². The van der Waals surface area contributed by atoms with Gasteiger partial charge in [-0.15, -0.1) is 0 Å². The molecular weight excluding hydrogens is 514 g/mol. The van der Waals surface area contributed by atoms with E-state index in [0.717, 1.165) is 87.2 Å². The first-order valence-corrected chi connectivity index (χ1v) is 15.9. The maximum absolute atomic E-state index is 13.9. The van der Waals surface area contributed by atoms with Gasteiger partial charge >= 0.3 is 5.97 Å². The third-order valence-electron chi connectivity index (χ3n) is 11.4. The first kappa shape index (κ1) is 28.5. The Hall–Kier alpha value is -2.60. The third kappa shape index (κ3) is 5.26. The predicted molar refractivity (Wildman–Crippen MR) is 160 cm³/mol. The first-order valence-electron chi connectivity index (χ1n) is 15.9. The Labute approximate surface area is 245 Å². The van der Waals surface area contributed by atoms with Crippen molar-refractivity contribution in [1.82, 2.24) is 4.90 Å². The lowest BCUT2D eigenvalue weighted by atomic mass is 9.48. The van der Waals surface area contributed by atoms with Crippen molar-refractivity contribution in [2.24, 2.45) is 28.6 Å². The Morgan fingerprint density at radius 2 is 1.83 bits per heavy atom. The van der Waals surface area contributed by atoms with Crippen LogP contribution in [0.4, 0.5) is 0 Å². The normalized spacial score (nSPS) is 35.9. The number of ketones is 1. The van der Waals surface area contributed by atoms with Crippen LogP contribution in [0, 0.1) is 28.6 Å². The highest BCUT2D eigenvalue weighted by Crippen LogP contribution is 2.65. The number of carbonyl (C=O) groups is 2. The Morgan fingerprint density at radius 3 is 2.59 bits per heavy atom. The topological polar surface area (TPSA) is 65.1 Å². The molecule has 0 amide bonds. The maximum atomic E-state index is 13.9. The van der Waals surface area contributed by atoms with Crippen LogP contribution < -0.4 is 9.47 Å². The summed E-state index contributed by atoms with van der Waals surface area (Å²) >= 11 is 0. The molecule has 0 N–H and O–H groups in total. The number of carbonyl (C=O) groups excluding carboxylic acids is 2. The van der Waals surface area contributed by atoms with Crippen molar-refractivity contribution in [1.29, 1.82) is 0 Å². The molecule has 6 heteroatoms. The summed E-state index contributed by atoms with van der Waals surface area (Å²) in [6.07, 6.45) is 13.9. The molecule has 0 bridgehead atoms. The van der Waals surface area contributed by atoms with Crippen molar-refractivity contribution >= 4 is 17.8 Å². The summed E-state index contributed by atoms with van der Waals surface area (Å²) in [5, 5.41) is 0. The van der Waals surface area contributed by atoms with Crippen LogP contribution in [0.25, 0.3) is 6.08 Å². The van der Waals surface area contributed by atoms with Crippen LogP contribution >= 0.6 is 0 Å². The van der Waals surface area contributed by atoms with Crippen molar-refractivity contribution in [2.75, 3.05) is 33.4 Å². The molecule has 3 saturated carbocycles. The van der Waals surface area contributed by atoms with Gasteiger partial charge in [0.05, 0.1) is 7.11 Å². The van der Waals surface area contributed by atoms with Crippen LogP contribution in [0.2, 0.25) is 0 Å². The van der Waals surface area contributed by atoms with Crippen LogP contribution in [-0.2, 0) is 14.3 Å². The molecule has 1 aromatic rings. The number of rotatable bonds is 7. The second-order valence-electron chi connectivity index (χ2n) is 13.7. The number of hydrogen-bond donors (Lipinski definition) is 0. The molecule has 222 valence electrons. The van der Waals surface area contributed by atoms with E-state index in [4.69, 9.17) is 14.2 Å². The molecule has 6 nitrogen and oxygen atoms in total. The quantitative estimate of drug-likeness (QED) is 0.212. The van der Waals surface area contributed by atoms with Gasteiger partial charge in [0.2, 0.25) is 0 Å². The molecule has 4 aliphatic carbocycles. The summed E-state index contributed by atoms with van der Waals surface area (Å²) < 4.78 is 17.4. The Kier molecular flexibility index (Phi) is 7.82. The van der Waals surface area contributed by atoms with Gasteiger partial charge in [0.25, 0.3) is 0 Å². The monoisotopic (exact) mass is 561 g/mol. The van der Waals surface area contributed by atoms with Gasteiger partial charge in [-0.2, -0.15) is 0 Å². The van der Waals surface area contributed by atoms with Gasteiger partial charge in [0, 0.05) is 25.3 Å². The van der Waals surface area contributed by atoms with Gasteiger partial charge in [-0.05, 0) is 117 Å².